The summed E-state index contributed by atoms with van der Waals surface area (Å²) >= 11 is -1.53. The van der Waals surface area contributed by atoms with E-state index in [1.165, 1.54) is 7.11 Å². The Morgan fingerprint density at radius 1 is 1.71 bits per heavy atom. The predicted molar refractivity (Wildman–Crippen MR) is 26.8 cm³/mol. The number of hydrogen-bond donors (Lipinski definition) is 0. The van der Waals surface area contributed by atoms with E-state index in [0.717, 1.165) is 0 Å². The molecule has 0 aliphatic rings. The highest BCUT2D eigenvalue weighted by Crippen LogP contribution is 1.81. The molecule has 1 unspecified atom stereocenters. The minimum atomic E-state index is -1.53. The molecule has 0 aromatic rings. The lowest BCUT2D eigenvalue weighted by Crippen LogP contribution is -1.96. The van der Waals surface area contributed by atoms with Crippen LogP contribution in [0.25, 0.3) is 0 Å². The molecule has 0 saturated heterocycles. The van der Waals surface area contributed by atoms with Crippen LogP contribution in [0.15, 0.2) is 0 Å². The molecule has 1 atom stereocenters. The summed E-state index contributed by atoms with van der Waals surface area (Å²) in [6, 6.07) is 0. The molecule has 0 aromatic heterocycles. The van der Waals surface area contributed by atoms with Crippen molar-refractivity contribution in [3.8, 4) is 0 Å². The smallest absolute Gasteiger partial charge is 0.272 e. The van der Waals surface area contributed by atoms with Gasteiger partial charge in [0.2, 0.25) is 0 Å². The van der Waals surface area contributed by atoms with Gasteiger partial charge >= 0.3 is 11.4 Å². The van der Waals surface area contributed by atoms with E-state index >= 15 is 0 Å². The maximum Gasteiger partial charge on any atom is 0.304 e. The third-order valence-corrected chi connectivity index (χ3v) is 1.05. The van der Waals surface area contributed by atoms with E-state index in [2.05, 4.69) is 8.37 Å². The number of hydrogen-bond acceptors (Lipinski definition) is 3. The summed E-state index contributed by atoms with van der Waals surface area (Å²) in [5, 5.41) is 0. The van der Waals surface area contributed by atoms with Gasteiger partial charge in [-0.15, -0.1) is 0 Å². The van der Waals surface area contributed by atoms with Gasteiger partial charge in [0, 0.05) is 0 Å². The molecule has 0 aliphatic carbocycles. The van der Waals surface area contributed by atoms with Gasteiger partial charge in [0.15, 0.2) is 0 Å². The molecule has 3 nitrogen and oxygen atoms in total. The van der Waals surface area contributed by atoms with Crippen LogP contribution in [0.4, 0.5) is 0 Å². The van der Waals surface area contributed by atoms with Gasteiger partial charge in [0.25, 0.3) is 0 Å². The van der Waals surface area contributed by atoms with Crippen LogP contribution in [0.5, 0.6) is 0 Å². The van der Waals surface area contributed by atoms with Crippen molar-refractivity contribution in [2.75, 3.05) is 13.7 Å². The molecule has 44 valence electrons. The summed E-state index contributed by atoms with van der Waals surface area (Å²) in [5.41, 5.74) is 0. The van der Waals surface area contributed by atoms with Gasteiger partial charge < -0.3 is 0 Å². The fourth-order valence-electron chi connectivity index (χ4n) is 0.144. The standard InChI is InChI=1S/C3H8O3S/c1-3-6-7(4)5-2/h3H2,1-2H3. The van der Waals surface area contributed by atoms with Crippen molar-refractivity contribution in [3.63, 3.8) is 0 Å². The predicted octanol–water partition coefficient (Wildman–Crippen LogP) is 0.248. The van der Waals surface area contributed by atoms with E-state index in [1.54, 1.807) is 6.92 Å². The maximum absolute atomic E-state index is 10.1. The van der Waals surface area contributed by atoms with Gasteiger partial charge in [-0.1, -0.05) is 0 Å². The third-order valence-electron chi connectivity index (χ3n) is 0.350. The van der Waals surface area contributed by atoms with Crippen LogP contribution in [0.1, 0.15) is 6.92 Å². The van der Waals surface area contributed by atoms with E-state index < -0.39 is 11.4 Å². The summed E-state index contributed by atoms with van der Waals surface area (Å²) < 4.78 is 18.8. The van der Waals surface area contributed by atoms with Crippen LogP contribution in [-0.4, -0.2) is 17.9 Å². The van der Waals surface area contributed by atoms with Gasteiger partial charge in [-0.25, -0.2) is 0 Å². The molecule has 0 heterocycles. The Bertz CT molecular complexity index is 63.2. The molecule has 7 heavy (non-hydrogen) atoms. The Kier molecular flexibility index (Phi) is 4.28. The Labute approximate surface area is 45.5 Å². The maximum atomic E-state index is 10.1. The fourth-order valence-corrected chi connectivity index (χ4v) is 0.433. The van der Waals surface area contributed by atoms with E-state index in [4.69, 9.17) is 0 Å². The lowest BCUT2D eigenvalue weighted by atomic mass is 10.9. The van der Waals surface area contributed by atoms with Gasteiger partial charge in [0.05, 0.1) is 13.7 Å². The van der Waals surface area contributed by atoms with Crippen molar-refractivity contribution >= 4 is 11.4 Å². The highest BCUT2D eigenvalue weighted by molar-refractivity contribution is 7.75. The molecular weight excluding hydrogens is 116 g/mol. The summed E-state index contributed by atoms with van der Waals surface area (Å²) in [4.78, 5) is 0. The van der Waals surface area contributed by atoms with E-state index in [0.29, 0.717) is 6.61 Å². The molecule has 0 bridgehead atoms. The van der Waals surface area contributed by atoms with Crippen molar-refractivity contribution < 1.29 is 12.6 Å². The monoisotopic (exact) mass is 124 g/mol. The van der Waals surface area contributed by atoms with Crippen LogP contribution < -0.4 is 0 Å². The van der Waals surface area contributed by atoms with Gasteiger partial charge in [-0.3, -0.25) is 8.37 Å². The van der Waals surface area contributed by atoms with E-state index in [9.17, 15) is 4.21 Å². The molecule has 0 N–H and O–H groups in total. The highest BCUT2D eigenvalue weighted by Gasteiger charge is 1.89. The number of rotatable bonds is 3. The Morgan fingerprint density at radius 3 is 2.43 bits per heavy atom. The Hall–Kier alpha value is 0.0700. The molecule has 0 aromatic carbocycles. The third kappa shape index (κ3) is 3.91. The molecular formula is C3H8O3S. The normalized spacial score (nSPS) is 14.0. The van der Waals surface area contributed by atoms with Crippen molar-refractivity contribution in [2.24, 2.45) is 0 Å². The van der Waals surface area contributed by atoms with E-state index in [1.807, 2.05) is 0 Å². The Morgan fingerprint density at radius 2 is 2.29 bits per heavy atom. The minimum absolute atomic E-state index is 0.417. The van der Waals surface area contributed by atoms with Crippen LogP contribution in [0, 0.1) is 0 Å². The second-order valence-electron chi connectivity index (χ2n) is 0.777. The first-order chi connectivity index (χ1) is 3.31. The van der Waals surface area contributed by atoms with Gasteiger partial charge in [-0.05, 0) is 6.92 Å². The average molecular weight is 124 g/mol. The van der Waals surface area contributed by atoms with Crippen molar-refractivity contribution in [1.82, 2.24) is 0 Å². The molecule has 4 heteroatoms. The zero-order valence-electron chi connectivity index (χ0n) is 4.34. The lowest BCUT2D eigenvalue weighted by Gasteiger charge is -1.91. The molecule has 0 rings (SSSR count). The first-order valence-electron chi connectivity index (χ1n) is 1.90. The highest BCUT2D eigenvalue weighted by atomic mass is 32.2. The quantitative estimate of drug-likeness (QED) is 0.541. The largest absolute Gasteiger partial charge is 0.304 e. The van der Waals surface area contributed by atoms with Crippen LogP contribution in [0.3, 0.4) is 0 Å². The van der Waals surface area contributed by atoms with Crippen molar-refractivity contribution in [1.29, 1.82) is 0 Å². The van der Waals surface area contributed by atoms with Crippen molar-refractivity contribution in [2.45, 2.75) is 6.92 Å². The fraction of sp³-hybridized carbons (Fsp3) is 1.00. The molecule has 0 fully saturated rings. The summed E-state index contributed by atoms with van der Waals surface area (Å²) in [6.45, 7) is 2.16. The first-order valence-corrected chi connectivity index (χ1v) is 2.90. The van der Waals surface area contributed by atoms with Gasteiger partial charge in [-0.2, -0.15) is 4.21 Å². The zero-order chi connectivity index (χ0) is 5.70. The molecule has 0 spiro atoms. The zero-order valence-corrected chi connectivity index (χ0v) is 5.16. The summed E-state index contributed by atoms with van der Waals surface area (Å²) in [5.74, 6) is 0. The second kappa shape index (κ2) is 4.23. The van der Waals surface area contributed by atoms with Crippen molar-refractivity contribution in [3.05, 3.63) is 0 Å². The van der Waals surface area contributed by atoms with Crippen LogP contribution in [0.2, 0.25) is 0 Å². The van der Waals surface area contributed by atoms with Crippen LogP contribution in [-0.2, 0) is 19.7 Å². The molecule has 0 saturated carbocycles. The minimum Gasteiger partial charge on any atom is -0.272 e. The molecule has 0 amide bonds. The average Bonchev–Trinajstić information content (AvgIpc) is 1.68. The Balaban J connectivity index is 3.00. The second-order valence-corrected chi connectivity index (χ2v) is 1.75. The topological polar surface area (TPSA) is 35.5 Å². The van der Waals surface area contributed by atoms with Gasteiger partial charge in [0.1, 0.15) is 0 Å². The molecule has 0 radical (unpaired) electrons. The summed E-state index contributed by atoms with van der Waals surface area (Å²) in [7, 11) is 1.33. The summed E-state index contributed by atoms with van der Waals surface area (Å²) in [6.07, 6.45) is 0. The van der Waals surface area contributed by atoms with E-state index in [-0.39, 0.29) is 0 Å². The molecule has 0 aliphatic heterocycles. The lowest BCUT2D eigenvalue weighted by molar-refractivity contribution is 0.296. The first kappa shape index (κ1) is 7.07. The van der Waals surface area contributed by atoms with Crippen LogP contribution >= 0.6 is 0 Å². The SMILES string of the molecule is CCOS(=O)OC.